The third-order valence-electron chi connectivity index (χ3n) is 4.50. The lowest BCUT2D eigenvalue weighted by atomic mass is 9.99. The molecule has 19 heavy (non-hydrogen) atoms. The lowest BCUT2D eigenvalue weighted by Gasteiger charge is -2.25. The predicted molar refractivity (Wildman–Crippen MR) is 79.3 cm³/mol. The molecule has 0 saturated heterocycles. The zero-order chi connectivity index (χ0) is 13.3. The third-order valence-corrected chi connectivity index (χ3v) is 4.50. The van der Waals surface area contributed by atoms with Gasteiger partial charge in [-0.3, -0.25) is 0 Å². The molecule has 0 bridgehead atoms. The Labute approximate surface area is 115 Å². The molecule has 1 N–H and O–H groups in total. The molecule has 0 radical (unpaired) electrons. The maximum atomic E-state index is 5.96. The molecule has 1 aliphatic rings. The Morgan fingerprint density at radius 1 is 1.21 bits per heavy atom. The summed E-state index contributed by atoms with van der Waals surface area (Å²) >= 11 is 0. The van der Waals surface area contributed by atoms with Crippen LogP contribution >= 0.6 is 0 Å². The molecule has 1 saturated carbocycles. The van der Waals surface area contributed by atoms with Gasteiger partial charge in [0.15, 0.2) is 0 Å². The van der Waals surface area contributed by atoms with Crippen LogP contribution in [0.2, 0.25) is 0 Å². The standard InChI is InChI=1S/C17H23NO/c1-3-15-14(12-18-17(2)10-6-7-11-17)13-8-4-5-9-16(13)19-15/h4-5,8-9,18H,3,6-7,10-12H2,1-2H3. The lowest BCUT2D eigenvalue weighted by molar-refractivity contribution is 0.361. The molecule has 1 aliphatic carbocycles. The van der Waals surface area contributed by atoms with Crippen LogP contribution in [0.5, 0.6) is 0 Å². The van der Waals surface area contributed by atoms with Crippen molar-refractivity contribution >= 4 is 11.0 Å². The highest BCUT2D eigenvalue weighted by molar-refractivity contribution is 5.82. The van der Waals surface area contributed by atoms with Crippen molar-refractivity contribution in [2.24, 2.45) is 0 Å². The van der Waals surface area contributed by atoms with E-state index in [0.29, 0.717) is 5.54 Å². The van der Waals surface area contributed by atoms with Crippen LogP contribution in [-0.4, -0.2) is 5.54 Å². The Hall–Kier alpha value is -1.28. The third kappa shape index (κ3) is 2.42. The predicted octanol–water partition coefficient (Wildman–Crippen LogP) is 4.42. The number of furan rings is 1. The van der Waals surface area contributed by atoms with E-state index in [0.717, 1.165) is 24.3 Å². The van der Waals surface area contributed by atoms with Crippen molar-refractivity contribution < 1.29 is 4.42 Å². The van der Waals surface area contributed by atoms with Crippen molar-refractivity contribution in [1.29, 1.82) is 0 Å². The highest BCUT2D eigenvalue weighted by atomic mass is 16.3. The number of fused-ring (bicyclic) bond motifs is 1. The molecule has 0 unspecified atom stereocenters. The Morgan fingerprint density at radius 3 is 2.68 bits per heavy atom. The number of rotatable bonds is 4. The molecule has 1 heterocycles. The van der Waals surface area contributed by atoms with Crippen molar-refractivity contribution in [2.45, 2.75) is 58.0 Å². The molecule has 0 amide bonds. The van der Waals surface area contributed by atoms with Gasteiger partial charge in [-0.1, -0.05) is 38.0 Å². The van der Waals surface area contributed by atoms with Gasteiger partial charge in [-0.2, -0.15) is 0 Å². The van der Waals surface area contributed by atoms with Crippen molar-refractivity contribution in [3.63, 3.8) is 0 Å². The fraction of sp³-hybridized carbons (Fsp3) is 0.529. The van der Waals surface area contributed by atoms with Gasteiger partial charge in [-0.05, 0) is 25.8 Å². The van der Waals surface area contributed by atoms with Crippen LogP contribution in [0.25, 0.3) is 11.0 Å². The second kappa shape index (κ2) is 5.01. The second-order valence-corrected chi connectivity index (χ2v) is 5.97. The number of para-hydroxylation sites is 1. The van der Waals surface area contributed by atoms with E-state index in [4.69, 9.17) is 4.42 Å². The van der Waals surface area contributed by atoms with Crippen LogP contribution in [0, 0.1) is 0 Å². The molecule has 1 aromatic carbocycles. The summed E-state index contributed by atoms with van der Waals surface area (Å²) in [6, 6.07) is 8.38. The van der Waals surface area contributed by atoms with Gasteiger partial charge in [-0.15, -0.1) is 0 Å². The first-order valence-electron chi connectivity index (χ1n) is 7.46. The summed E-state index contributed by atoms with van der Waals surface area (Å²) in [5.41, 5.74) is 2.70. The first-order chi connectivity index (χ1) is 9.22. The van der Waals surface area contributed by atoms with Crippen LogP contribution < -0.4 is 5.32 Å². The summed E-state index contributed by atoms with van der Waals surface area (Å²) in [4.78, 5) is 0. The van der Waals surface area contributed by atoms with E-state index in [1.165, 1.54) is 36.6 Å². The topological polar surface area (TPSA) is 25.2 Å². The highest BCUT2D eigenvalue weighted by Crippen LogP contribution is 2.31. The molecule has 3 rings (SSSR count). The summed E-state index contributed by atoms with van der Waals surface area (Å²) < 4.78 is 5.96. The Morgan fingerprint density at radius 2 is 1.95 bits per heavy atom. The zero-order valence-corrected chi connectivity index (χ0v) is 12.0. The first kappa shape index (κ1) is 12.7. The molecule has 1 aromatic heterocycles. The van der Waals surface area contributed by atoms with Gasteiger partial charge < -0.3 is 9.73 Å². The van der Waals surface area contributed by atoms with Crippen molar-refractivity contribution in [1.82, 2.24) is 5.32 Å². The molecule has 2 heteroatoms. The Balaban J connectivity index is 1.87. The fourth-order valence-electron chi connectivity index (χ4n) is 3.26. The molecule has 2 aromatic rings. The van der Waals surface area contributed by atoms with E-state index in [2.05, 4.69) is 37.4 Å². The normalized spacial score (nSPS) is 18.2. The van der Waals surface area contributed by atoms with E-state index < -0.39 is 0 Å². The van der Waals surface area contributed by atoms with E-state index in [1.807, 2.05) is 6.07 Å². The molecule has 2 nitrogen and oxygen atoms in total. The summed E-state index contributed by atoms with van der Waals surface area (Å²) in [5.74, 6) is 1.13. The van der Waals surface area contributed by atoms with E-state index in [9.17, 15) is 0 Å². The maximum Gasteiger partial charge on any atom is 0.134 e. The SMILES string of the molecule is CCc1oc2ccccc2c1CNC1(C)CCCC1. The summed E-state index contributed by atoms with van der Waals surface area (Å²) in [5, 5.41) is 5.04. The molecule has 0 atom stereocenters. The lowest BCUT2D eigenvalue weighted by Crippen LogP contribution is -2.38. The van der Waals surface area contributed by atoms with Crippen LogP contribution in [-0.2, 0) is 13.0 Å². The van der Waals surface area contributed by atoms with Gasteiger partial charge in [0.1, 0.15) is 11.3 Å². The number of aryl methyl sites for hydroxylation is 1. The Bertz CT molecular complexity index is 564. The fourth-order valence-corrected chi connectivity index (χ4v) is 3.26. The van der Waals surface area contributed by atoms with E-state index in [1.54, 1.807) is 0 Å². The van der Waals surface area contributed by atoms with Crippen molar-refractivity contribution in [3.05, 3.63) is 35.6 Å². The Kier molecular flexibility index (Phi) is 3.36. The number of hydrogen-bond acceptors (Lipinski definition) is 2. The van der Waals surface area contributed by atoms with Crippen molar-refractivity contribution in [3.8, 4) is 0 Å². The maximum absolute atomic E-state index is 5.96. The molecule has 0 spiro atoms. The summed E-state index contributed by atoms with van der Waals surface area (Å²) in [7, 11) is 0. The van der Waals surface area contributed by atoms with Crippen LogP contribution in [0.4, 0.5) is 0 Å². The minimum Gasteiger partial charge on any atom is -0.461 e. The number of nitrogens with one attached hydrogen (secondary N) is 1. The van der Waals surface area contributed by atoms with Crippen LogP contribution in [0.1, 0.15) is 50.9 Å². The van der Waals surface area contributed by atoms with Crippen LogP contribution in [0.3, 0.4) is 0 Å². The van der Waals surface area contributed by atoms with Gasteiger partial charge in [-0.25, -0.2) is 0 Å². The minimum atomic E-state index is 0.323. The van der Waals surface area contributed by atoms with Crippen LogP contribution in [0.15, 0.2) is 28.7 Å². The summed E-state index contributed by atoms with van der Waals surface area (Å²) in [6.07, 6.45) is 6.27. The van der Waals surface area contributed by atoms with Gasteiger partial charge in [0.2, 0.25) is 0 Å². The van der Waals surface area contributed by atoms with Gasteiger partial charge >= 0.3 is 0 Å². The summed E-state index contributed by atoms with van der Waals surface area (Å²) in [6.45, 7) is 5.45. The molecule has 0 aliphatic heterocycles. The largest absolute Gasteiger partial charge is 0.461 e. The van der Waals surface area contributed by atoms with E-state index >= 15 is 0 Å². The van der Waals surface area contributed by atoms with E-state index in [-0.39, 0.29) is 0 Å². The molecular weight excluding hydrogens is 234 g/mol. The van der Waals surface area contributed by atoms with Gasteiger partial charge in [0.25, 0.3) is 0 Å². The number of benzene rings is 1. The monoisotopic (exact) mass is 257 g/mol. The number of hydrogen-bond donors (Lipinski definition) is 1. The quantitative estimate of drug-likeness (QED) is 0.877. The zero-order valence-electron chi connectivity index (χ0n) is 12.0. The average Bonchev–Trinajstić information content (AvgIpc) is 3.00. The van der Waals surface area contributed by atoms with Gasteiger partial charge in [0.05, 0.1) is 0 Å². The van der Waals surface area contributed by atoms with Gasteiger partial charge in [0, 0.05) is 29.5 Å². The molecule has 102 valence electrons. The smallest absolute Gasteiger partial charge is 0.134 e. The minimum absolute atomic E-state index is 0.323. The molecular formula is C17H23NO. The second-order valence-electron chi connectivity index (χ2n) is 5.97. The molecule has 1 fully saturated rings. The van der Waals surface area contributed by atoms with Crippen molar-refractivity contribution in [2.75, 3.05) is 0 Å². The average molecular weight is 257 g/mol. The highest BCUT2D eigenvalue weighted by Gasteiger charge is 2.28. The first-order valence-corrected chi connectivity index (χ1v) is 7.46.